The van der Waals surface area contributed by atoms with Gasteiger partial charge < -0.3 is 19.5 Å². The Morgan fingerprint density at radius 3 is 2.64 bits per heavy atom. The fourth-order valence-electron chi connectivity index (χ4n) is 2.48. The first-order valence-corrected chi connectivity index (χ1v) is 8.62. The zero-order valence-electron chi connectivity index (χ0n) is 14.5. The van der Waals surface area contributed by atoms with Crippen molar-refractivity contribution in [2.75, 3.05) is 25.1 Å². The molecule has 0 bridgehead atoms. The van der Waals surface area contributed by atoms with Gasteiger partial charge in [0.1, 0.15) is 5.56 Å². The van der Waals surface area contributed by atoms with Crippen LogP contribution in [0, 0.1) is 10.1 Å². The van der Waals surface area contributed by atoms with Crippen molar-refractivity contribution < 1.29 is 28.7 Å². The van der Waals surface area contributed by atoms with E-state index >= 15 is 0 Å². The van der Waals surface area contributed by atoms with E-state index in [0.717, 1.165) is 12.5 Å². The van der Waals surface area contributed by atoms with Gasteiger partial charge in [0.15, 0.2) is 18.1 Å². The van der Waals surface area contributed by atoms with Crippen LogP contribution < -0.4 is 14.8 Å². The highest BCUT2D eigenvalue weighted by atomic mass is 35.5. The summed E-state index contributed by atoms with van der Waals surface area (Å²) >= 11 is 5.70. The third-order valence-electron chi connectivity index (χ3n) is 3.74. The Morgan fingerprint density at radius 1 is 1.14 bits per heavy atom. The molecule has 1 heterocycles. The molecule has 1 aliphatic rings. The summed E-state index contributed by atoms with van der Waals surface area (Å²) in [5.74, 6) is -0.530. The van der Waals surface area contributed by atoms with Gasteiger partial charge in [0.05, 0.1) is 18.1 Å². The number of carbonyl (C=O) groups is 2. The number of nitro benzene ring substituents is 1. The van der Waals surface area contributed by atoms with Gasteiger partial charge in [-0.1, -0.05) is 11.6 Å². The maximum absolute atomic E-state index is 12.1. The molecule has 1 N–H and O–H groups in total. The second kappa shape index (κ2) is 8.57. The molecule has 146 valence electrons. The zero-order valence-corrected chi connectivity index (χ0v) is 15.2. The van der Waals surface area contributed by atoms with Crippen molar-refractivity contribution in [3.05, 3.63) is 57.1 Å². The van der Waals surface area contributed by atoms with Crippen LogP contribution in [-0.4, -0.2) is 36.6 Å². The number of halogens is 1. The number of esters is 1. The molecule has 0 aromatic heterocycles. The van der Waals surface area contributed by atoms with Gasteiger partial charge in [-0.05, 0) is 24.3 Å². The van der Waals surface area contributed by atoms with Crippen LogP contribution in [0.1, 0.15) is 16.8 Å². The van der Waals surface area contributed by atoms with Crippen molar-refractivity contribution in [2.45, 2.75) is 6.42 Å². The van der Waals surface area contributed by atoms with E-state index in [9.17, 15) is 19.7 Å². The topological polar surface area (TPSA) is 117 Å². The van der Waals surface area contributed by atoms with Gasteiger partial charge in [-0.15, -0.1) is 0 Å². The number of hydrogen-bond acceptors (Lipinski definition) is 7. The highest BCUT2D eigenvalue weighted by molar-refractivity contribution is 6.31. The average molecular weight is 407 g/mol. The maximum Gasteiger partial charge on any atom is 0.345 e. The molecule has 2 aromatic carbocycles. The molecule has 0 fully saturated rings. The van der Waals surface area contributed by atoms with Gasteiger partial charge in [-0.3, -0.25) is 14.9 Å². The summed E-state index contributed by atoms with van der Waals surface area (Å²) in [5, 5.41) is 13.7. The molecular formula is C18H15ClN2O7. The summed E-state index contributed by atoms with van der Waals surface area (Å²) in [6, 6.07) is 8.42. The van der Waals surface area contributed by atoms with Crippen LogP contribution in [-0.2, 0) is 9.53 Å². The summed E-state index contributed by atoms with van der Waals surface area (Å²) < 4.78 is 15.9. The van der Waals surface area contributed by atoms with Crippen molar-refractivity contribution in [3.8, 4) is 11.5 Å². The Labute approximate surface area is 164 Å². The standard InChI is InChI=1S/C18H15ClN2O7/c19-11-2-4-13(14(8-11)21(24)25)18(23)28-10-17(22)20-12-3-5-15-16(9-12)27-7-1-6-26-15/h2-5,8-9H,1,6-7,10H2,(H,20,22). The third-order valence-corrected chi connectivity index (χ3v) is 3.98. The molecule has 1 aliphatic heterocycles. The van der Waals surface area contributed by atoms with Gasteiger partial charge >= 0.3 is 5.97 Å². The molecular weight excluding hydrogens is 392 g/mol. The van der Waals surface area contributed by atoms with Gasteiger partial charge in [0.25, 0.3) is 11.6 Å². The first-order valence-electron chi connectivity index (χ1n) is 8.24. The van der Waals surface area contributed by atoms with E-state index in [2.05, 4.69) is 5.32 Å². The molecule has 0 unspecified atom stereocenters. The van der Waals surface area contributed by atoms with E-state index in [-0.39, 0.29) is 10.6 Å². The normalized spacial score (nSPS) is 12.6. The molecule has 0 atom stereocenters. The SMILES string of the molecule is O=C(COC(=O)c1ccc(Cl)cc1[N+](=O)[O-])Nc1ccc2c(c1)OCCCO2. The minimum atomic E-state index is -1.00. The smallest absolute Gasteiger partial charge is 0.345 e. The molecule has 28 heavy (non-hydrogen) atoms. The van der Waals surface area contributed by atoms with E-state index in [1.54, 1.807) is 18.2 Å². The second-order valence-electron chi connectivity index (χ2n) is 5.75. The number of fused-ring (bicyclic) bond motifs is 1. The molecule has 1 amide bonds. The molecule has 9 nitrogen and oxygen atoms in total. The van der Waals surface area contributed by atoms with E-state index in [0.29, 0.717) is 30.4 Å². The Bertz CT molecular complexity index is 932. The quantitative estimate of drug-likeness (QED) is 0.460. The summed E-state index contributed by atoms with van der Waals surface area (Å²) in [4.78, 5) is 34.4. The van der Waals surface area contributed by atoms with Crippen LogP contribution in [0.4, 0.5) is 11.4 Å². The van der Waals surface area contributed by atoms with E-state index in [1.165, 1.54) is 12.1 Å². The first-order chi connectivity index (χ1) is 13.4. The molecule has 2 aromatic rings. The maximum atomic E-state index is 12.1. The lowest BCUT2D eigenvalue weighted by Crippen LogP contribution is -2.21. The molecule has 0 spiro atoms. The Morgan fingerprint density at radius 2 is 1.89 bits per heavy atom. The average Bonchev–Trinajstić information content (AvgIpc) is 2.91. The minimum absolute atomic E-state index is 0.107. The summed E-state index contributed by atoms with van der Waals surface area (Å²) in [6.45, 7) is 0.431. The van der Waals surface area contributed by atoms with Gasteiger partial charge in [-0.2, -0.15) is 0 Å². The monoisotopic (exact) mass is 406 g/mol. The van der Waals surface area contributed by atoms with Crippen LogP contribution >= 0.6 is 11.6 Å². The number of rotatable bonds is 5. The van der Waals surface area contributed by atoms with Gasteiger partial charge in [0, 0.05) is 29.3 Å². The third kappa shape index (κ3) is 4.68. The number of benzene rings is 2. The Hall–Kier alpha value is -3.33. The predicted octanol–water partition coefficient (Wildman–Crippen LogP) is 3.21. The van der Waals surface area contributed by atoms with Crippen molar-refractivity contribution in [2.24, 2.45) is 0 Å². The fourth-order valence-corrected chi connectivity index (χ4v) is 2.64. The van der Waals surface area contributed by atoms with Crippen LogP contribution in [0.15, 0.2) is 36.4 Å². The lowest BCUT2D eigenvalue weighted by Gasteiger charge is -2.10. The predicted molar refractivity (Wildman–Crippen MR) is 99.1 cm³/mol. The lowest BCUT2D eigenvalue weighted by atomic mass is 10.2. The number of carbonyl (C=O) groups excluding carboxylic acids is 2. The van der Waals surface area contributed by atoms with Crippen molar-refractivity contribution in [1.29, 1.82) is 0 Å². The van der Waals surface area contributed by atoms with Crippen molar-refractivity contribution >= 4 is 34.9 Å². The number of nitrogens with zero attached hydrogens (tertiary/aromatic N) is 1. The summed E-state index contributed by atoms with van der Waals surface area (Å²) in [6.07, 6.45) is 0.753. The lowest BCUT2D eigenvalue weighted by molar-refractivity contribution is -0.385. The van der Waals surface area contributed by atoms with E-state index < -0.39 is 29.1 Å². The molecule has 0 radical (unpaired) electrons. The molecule has 3 rings (SSSR count). The minimum Gasteiger partial charge on any atom is -0.490 e. The number of anilines is 1. The zero-order chi connectivity index (χ0) is 20.1. The van der Waals surface area contributed by atoms with Crippen molar-refractivity contribution in [1.82, 2.24) is 0 Å². The Balaban J connectivity index is 1.61. The summed E-state index contributed by atoms with van der Waals surface area (Å²) in [7, 11) is 0. The van der Waals surface area contributed by atoms with E-state index in [1.807, 2.05) is 0 Å². The Kier molecular flexibility index (Phi) is 5.95. The second-order valence-corrected chi connectivity index (χ2v) is 6.19. The number of nitrogens with one attached hydrogen (secondary N) is 1. The summed E-state index contributed by atoms with van der Waals surface area (Å²) in [5.41, 5.74) is -0.360. The number of ether oxygens (including phenoxy) is 3. The highest BCUT2D eigenvalue weighted by Crippen LogP contribution is 2.32. The molecule has 0 saturated carbocycles. The van der Waals surface area contributed by atoms with Gasteiger partial charge in [0.2, 0.25) is 0 Å². The van der Waals surface area contributed by atoms with Crippen LogP contribution in [0.3, 0.4) is 0 Å². The first kappa shape index (κ1) is 19.4. The fraction of sp³-hybridized carbons (Fsp3) is 0.222. The van der Waals surface area contributed by atoms with E-state index in [4.69, 9.17) is 25.8 Å². The van der Waals surface area contributed by atoms with Crippen LogP contribution in [0.5, 0.6) is 11.5 Å². The van der Waals surface area contributed by atoms with Crippen molar-refractivity contribution in [3.63, 3.8) is 0 Å². The number of hydrogen-bond donors (Lipinski definition) is 1. The van der Waals surface area contributed by atoms with Gasteiger partial charge in [-0.25, -0.2) is 4.79 Å². The molecule has 0 aliphatic carbocycles. The largest absolute Gasteiger partial charge is 0.490 e. The highest BCUT2D eigenvalue weighted by Gasteiger charge is 2.22. The van der Waals surface area contributed by atoms with Crippen LogP contribution in [0.2, 0.25) is 5.02 Å². The molecule has 10 heteroatoms. The number of amides is 1. The molecule has 0 saturated heterocycles. The van der Waals surface area contributed by atoms with Crippen LogP contribution in [0.25, 0.3) is 0 Å². The number of nitro groups is 1.